The fraction of sp³-hybridized carbons (Fsp3) is 0.103. The predicted molar refractivity (Wildman–Crippen MR) is 133 cm³/mol. The van der Waals surface area contributed by atoms with Crippen LogP contribution < -0.4 is 4.74 Å². The molecule has 172 valence electrons. The second-order valence-electron chi connectivity index (χ2n) is 8.17. The van der Waals surface area contributed by atoms with E-state index in [1.807, 2.05) is 54.6 Å². The first-order valence-corrected chi connectivity index (χ1v) is 11.4. The van der Waals surface area contributed by atoms with Gasteiger partial charge in [0.1, 0.15) is 5.75 Å². The zero-order chi connectivity index (χ0) is 24.1. The number of hydrogen-bond acceptors (Lipinski definition) is 5. The number of benzene rings is 4. The predicted octanol–water partition coefficient (Wildman–Crippen LogP) is 5.29. The summed E-state index contributed by atoms with van der Waals surface area (Å²) in [5.41, 5.74) is 2.86. The lowest BCUT2D eigenvalue weighted by molar-refractivity contribution is 0.101. The van der Waals surface area contributed by atoms with Gasteiger partial charge in [-0.2, -0.15) is 0 Å². The molecule has 4 aromatic carbocycles. The number of carbonyl (C=O) groups is 1. The van der Waals surface area contributed by atoms with Gasteiger partial charge in [0, 0.05) is 5.56 Å². The van der Waals surface area contributed by atoms with E-state index in [2.05, 4.69) is 46.7 Å². The van der Waals surface area contributed by atoms with Gasteiger partial charge in [0.2, 0.25) is 5.82 Å². The van der Waals surface area contributed by atoms with Crippen LogP contribution in [0.5, 0.6) is 5.75 Å². The molecular formula is C29H24N4O2. The Morgan fingerprint density at radius 2 is 1.23 bits per heavy atom. The van der Waals surface area contributed by atoms with Gasteiger partial charge >= 0.3 is 0 Å². The molecule has 0 N–H and O–H groups in total. The van der Waals surface area contributed by atoms with Gasteiger partial charge in [0.05, 0.1) is 0 Å². The molecule has 5 aromatic rings. The zero-order valence-electron chi connectivity index (χ0n) is 19.3. The summed E-state index contributed by atoms with van der Waals surface area (Å²) in [6, 6.07) is 37.6. The standard InChI is InChI=1S/C29H24N4O2/c1-22(34)23-17-19-27(20-18-23)35-21-28-30-32-33(31-28)29(24-11-5-2-6-12-24,25-13-7-3-8-14-25)26-15-9-4-10-16-26/h2-20H,21H2,1H3. The third-order valence-corrected chi connectivity index (χ3v) is 5.96. The van der Waals surface area contributed by atoms with Crippen molar-refractivity contribution in [3.63, 3.8) is 0 Å². The summed E-state index contributed by atoms with van der Waals surface area (Å²) in [6.07, 6.45) is 0. The highest BCUT2D eigenvalue weighted by atomic mass is 16.5. The summed E-state index contributed by atoms with van der Waals surface area (Å²) < 4.78 is 5.88. The van der Waals surface area contributed by atoms with E-state index in [-0.39, 0.29) is 12.4 Å². The molecule has 0 bridgehead atoms. The Labute approximate surface area is 203 Å². The molecule has 1 heterocycles. The maximum atomic E-state index is 11.5. The SMILES string of the molecule is CC(=O)c1ccc(OCc2nnn(C(c3ccccc3)(c3ccccc3)c3ccccc3)n2)cc1. The zero-order valence-corrected chi connectivity index (χ0v) is 19.3. The van der Waals surface area contributed by atoms with Crippen LogP contribution in [0.4, 0.5) is 0 Å². The maximum Gasteiger partial charge on any atom is 0.212 e. The van der Waals surface area contributed by atoms with Crippen LogP contribution in [0, 0.1) is 0 Å². The number of ether oxygens (including phenoxy) is 1. The molecule has 0 aliphatic rings. The van der Waals surface area contributed by atoms with E-state index >= 15 is 0 Å². The summed E-state index contributed by atoms with van der Waals surface area (Å²) in [7, 11) is 0. The molecule has 6 nitrogen and oxygen atoms in total. The van der Waals surface area contributed by atoms with Gasteiger partial charge in [-0.1, -0.05) is 91.0 Å². The average molecular weight is 461 g/mol. The summed E-state index contributed by atoms with van der Waals surface area (Å²) in [5, 5.41) is 13.6. The number of ketones is 1. The van der Waals surface area contributed by atoms with Crippen molar-refractivity contribution < 1.29 is 9.53 Å². The Kier molecular flexibility index (Phi) is 6.18. The lowest BCUT2D eigenvalue weighted by Gasteiger charge is -2.34. The van der Waals surface area contributed by atoms with E-state index in [1.165, 1.54) is 6.92 Å². The smallest absolute Gasteiger partial charge is 0.212 e. The van der Waals surface area contributed by atoms with Crippen LogP contribution in [0.2, 0.25) is 0 Å². The number of rotatable bonds is 8. The Bertz CT molecular complexity index is 1300. The number of aromatic nitrogens is 4. The third kappa shape index (κ3) is 4.34. The van der Waals surface area contributed by atoms with Crippen molar-refractivity contribution in [2.45, 2.75) is 19.1 Å². The fourth-order valence-corrected chi connectivity index (χ4v) is 4.26. The summed E-state index contributed by atoms with van der Waals surface area (Å²) in [4.78, 5) is 13.2. The highest BCUT2D eigenvalue weighted by Gasteiger charge is 2.41. The second kappa shape index (κ2) is 9.73. The molecule has 0 radical (unpaired) electrons. The van der Waals surface area contributed by atoms with Crippen molar-refractivity contribution in [2.24, 2.45) is 0 Å². The van der Waals surface area contributed by atoms with E-state index in [0.717, 1.165) is 16.7 Å². The quantitative estimate of drug-likeness (QED) is 0.232. The van der Waals surface area contributed by atoms with E-state index in [9.17, 15) is 4.79 Å². The molecule has 0 amide bonds. The van der Waals surface area contributed by atoms with E-state index in [1.54, 1.807) is 29.1 Å². The second-order valence-corrected chi connectivity index (χ2v) is 8.17. The number of tetrazole rings is 1. The molecule has 0 saturated heterocycles. The average Bonchev–Trinajstić information content (AvgIpc) is 3.39. The lowest BCUT2D eigenvalue weighted by atomic mass is 9.77. The topological polar surface area (TPSA) is 69.9 Å². The Hall–Kier alpha value is -4.58. The normalized spacial score (nSPS) is 11.2. The summed E-state index contributed by atoms with van der Waals surface area (Å²) in [6.45, 7) is 1.68. The van der Waals surface area contributed by atoms with E-state index in [0.29, 0.717) is 17.1 Å². The van der Waals surface area contributed by atoms with Crippen LogP contribution in [-0.4, -0.2) is 26.0 Å². The number of nitrogens with zero attached hydrogens (tertiary/aromatic N) is 4. The van der Waals surface area contributed by atoms with Crippen molar-refractivity contribution >= 4 is 5.78 Å². The molecule has 1 aromatic heterocycles. The Morgan fingerprint density at radius 1 is 0.743 bits per heavy atom. The van der Waals surface area contributed by atoms with Gasteiger partial charge in [-0.3, -0.25) is 4.79 Å². The first-order chi connectivity index (χ1) is 17.2. The van der Waals surface area contributed by atoms with Crippen LogP contribution in [0.15, 0.2) is 115 Å². The molecule has 0 aliphatic heterocycles. The molecule has 0 saturated carbocycles. The molecule has 6 heteroatoms. The van der Waals surface area contributed by atoms with Crippen molar-refractivity contribution in [3.8, 4) is 5.75 Å². The van der Waals surface area contributed by atoms with E-state index in [4.69, 9.17) is 9.84 Å². The highest BCUT2D eigenvalue weighted by molar-refractivity contribution is 5.94. The number of carbonyl (C=O) groups excluding carboxylic acids is 1. The van der Waals surface area contributed by atoms with Crippen molar-refractivity contribution in [2.75, 3.05) is 0 Å². The maximum absolute atomic E-state index is 11.5. The monoisotopic (exact) mass is 460 g/mol. The highest BCUT2D eigenvalue weighted by Crippen LogP contribution is 2.39. The molecular weight excluding hydrogens is 436 g/mol. The van der Waals surface area contributed by atoms with Crippen LogP contribution in [0.25, 0.3) is 0 Å². The van der Waals surface area contributed by atoms with Gasteiger partial charge in [0.25, 0.3) is 0 Å². The largest absolute Gasteiger partial charge is 0.485 e. The van der Waals surface area contributed by atoms with Crippen molar-refractivity contribution in [3.05, 3.63) is 143 Å². The van der Waals surface area contributed by atoms with Gasteiger partial charge in [0.15, 0.2) is 17.9 Å². The fourth-order valence-electron chi connectivity index (χ4n) is 4.26. The summed E-state index contributed by atoms with van der Waals surface area (Å²) in [5.74, 6) is 1.10. The minimum Gasteiger partial charge on any atom is -0.485 e. The first kappa shape index (κ1) is 22.2. The lowest BCUT2D eigenvalue weighted by Crippen LogP contribution is -2.39. The third-order valence-electron chi connectivity index (χ3n) is 5.96. The van der Waals surface area contributed by atoms with Gasteiger partial charge in [-0.15, -0.1) is 15.0 Å². The van der Waals surface area contributed by atoms with Crippen molar-refractivity contribution in [1.29, 1.82) is 0 Å². The first-order valence-electron chi connectivity index (χ1n) is 11.4. The summed E-state index contributed by atoms with van der Waals surface area (Å²) >= 11 is 0. The Morgan fingerprint density at radius 3 is 1.69 bits per heavy atom. The number of hydrogen-bond donors (Lipinski definition) is 0. The van der Waals surface area contributed by atoms with E-state index < -0.39 is 5.54 Å². The minimum atomic E-state index is -0.821. The Balaban J connectivity index is 1.56. The molecule has 0 atom stereocenters. The molecule has 5 rings (SSSR count). The van der Waals surface area contributed by atoms with Gasteiger partial charge in [-0.05, 0) is 53.1 Å². The number of Topliss-reactive ketones (excluding diaryl/α,β-unsaturated/α-hetero) is 1. The molecule has 0 fully saturated rings. The molecule has 0 spiro atoms. The van der Waals surface area contributed by atoms with Crippen LogP contribution in [0.3, 0.4) is 0 Å². The van der Waals surface area contributed by atoms with Crippen LogP contribution in [0.1, 0.15) is 39.8 Å². The van der Waals surface area contributed by atoms with Crippen LogP contribution >= 0.6 is 0 Å². The van der Waals surface area contributed by atoms with Crippen LogP contribution in [-0.2, 0) is 12.1 Å². The van der Waals surface area contributed by atoms with Crippen molar-refractivity contribution in [1.82, 2.24) is 20.2 Å². The van der Waals surface area contributed by atoms with Gasteiger partial charge in [-0.25, -0.2) is 0 Å². The molecule has 35 heavy (non-hydrogen) atoms. The van der Waals surface area contributed by atoms with Gasteiger partial charge < -0.3 is 4.74 Å². The molecule has 0 unspecified atom stereocenters. The minimum absolute atomic E-state index is 0.0141. The molecule has 0 aliphatic carbocycles.